The summed E-state index contributed by atoms with van der Waals surface area (Å²) in [6.07, 6.45) is -8.01. The highest BCUT2D eigenvalue weighted by Gasteiger charge is 2.42. The van der Waals surface area contributed by atoms with Crippen LogP contribution in [0.25, 0.3) is 0 Å². The molecule has 0 fully saturated rings. The summed E-state index contributed by atoms with van der Waals surface area (Å²) in [4.78, 5) is 0. The molecule has 0 amide bonds. The third-order valence-corrected chi connectivity index (χ3v) is 4.38. The van der Waals surface area contributed by atoms with Crippen molar-refractivity contribution in [2.75, 3.05) is 0 Å². The predicted octanol–water partition coefficient (Wildman–Crippen LogP) is 6.84. The molecule has 0 saturated heterocycles. The van der Waals surface area contributed by atoms with Gasteiger partial charge in [0.15, 0.2) is 8.32 Å². The van der Waals surface area contributed by atoms with Crippen molar-refractivity contribution in [2.24, 2.45) is 0 Å². The Kier molecular flexibility index (Phi) is 14.0. The van der Waals surface area contributed by atoms with Crippen molar-refractivity contribution in [1.29, 1.82) is 0 Å². The second-order valence-corrected chi connectivity index (χ2v) is 11.8. The zero-order valence-corrected chi connectivity index (χ0v) is 17.4. The van der Waals surface area contributed by atoms with E-state index in [1.165, 1.54) is 0 Å². The number of hydrogen-bond donors (Lipinski definition) is 1. The fourth-order valence-corrected chi connectivity index (χ4v) is 3.15. The molecule has 2 nitrogen and oxygen atoms in total. The molecule has 1 N–H and O–H groups in total. The molecule has 0 aromatic carbocycles. The van der Waals surface area contributed by atoms with Gasteiger partial charge in [-0.15, -0.1) is 0 Å². The van der Waals surface area contributed by atoms with Crippen molar-refractivity contribution < 1.29 is 35.9 Å². The maximum absolute atomic E-state index is 12.6. The highest BCUT2D eigenvalue weighted by atomic mass is 28.4. The highest BCUT2D eigenvalue weighted by molar-refractivity contribution is 6.69. The fraction of sp³-hybridized carbons (Fsp3) is 1.00. The van der Waals surface area contributed by atoms with E-state index in [1.54, 1.807) is 19.6 Å². The van der Waals surface area contributed by atoms with Crippen molar-refractivity contribution in [3.05, 3.63) is 0 Å². The Balaban J connectivity index is 0. The molecule has 0 heterocycles. The van der Waals surface area contributed by atoms with Crippen LogP contribution < -0.4 is 0 Å². The lowest BCUT2D eigenvalue weighted by atomic mass is 10.1. The Labute approximate surface area is 154 Å². The van der Waals surface area contributed by atoms with E-state index in [2.05, 4.69) is 0 Å². The summed E-state index contributed by atoms with van der Waals surface area (Å²) in [6, 6.07) is 0. The lowest BCUT2D eigenvalue weighted by molar-refractivity contribution is -0.205. The van der Waals surface area contributed by atoms with Crippen LogP contribution in [0, 0.1) is 0 Å². The molecule has 0 radical (unpaired) electrons. The van der Waals surface area contributed by atoms with Gasteiger partial charge in [0.25, 0.3) is 0 Å². The Hall–Kier alpha value is -0.283. The fourth-order valence-electron chi connectivity index (χ4n) is 2.05. The summed E-state index contributed by atoms with van der Waals surface area (Å²) in [5, 5.41) is 8.49. The first-order valence-corrected chi connectivity index (χ1v) is 12.5. The van der Waals surface area contributed by atoms with Crippen LogP contribution in [0.4, 0.5) is 26.3 Å². The van der Waals surface area contributed by atoms with Gasteiger partial charge in [-0.25, -0.2) is 0 Å². The minimum Gasteiger partial charge on any atom is -0.406 e. The molecular formula is C17H34F6O2Si. The second-order valence-electron chi connectivity index (χ2n) is 7.31. The third-order valence-electron chi connectivity index (χ3n) is 3.39. The van der Waals surface area contributed by atoms with Gasteiger partial charge in [0.05, 0.1) is 0 Å². The summed E-state index contributed by atoms with van der Waals surface area (Å²) in [6.45, 7) is 9.23. The largest absolute Gasteiger partial charge is 0.414 e. The highest BCUT2D eigenvalue weighted by Crippen LogP contribution is 2.29. The van der Waals surface area contributed by atoms with Gasteiger partial charge in [-0.3, -0.25) is 0 Å². The van der Waals surface area contributed by atoms with Crippen LogP contribution in [-0.4, -0.2) is 38.0 Å². The van der Waals surface area contributed by atoms with Gasteiger partial charge in [0.1, 0.15) is 12.2 Å². The molecule has 0 saturated carbocycles. The number of unbranched alkanes of at least 4 members (excludes halogenated alkanes) is 4. The standard InChI is InChI=1S/C10H21F3OSi.C7H13F3O/c1-5-6-7-8-9(10(11,12)13)14-15(2,3)4;1-2-3-4-5-6(11)7(8,9)10/h9H,5-8H2,1-4H3;6,11H,2-5H2,1H3. The maximum Gasteiger partial charge on any atom is 0.414 e. The van der Waals surface area contributed by atoms with E-state index < -0.39 is 32.9 Å². The first-order valence-electron chi connectivity index (χ1n) is 9.14. The van der Waals surface area contributed by atoms with Crippen LogP contribution in [0.3, 0.4) is 0 Å². The molecule has 0 spiro atoms. The van der Waals surface area contributed by atoms with Crippen LogP contribution >= 0.6 is 0 Å². The third kappa shape index (κ3) is 17.1. The first kappa shape index (κ1) is 27.9. The molecule has 2 unspecified atom stereocenters. The Bertz CT molecular complexity index is 340. The number of alkyl halides is 6. The second kappa shape index (κ2) is 13.0. The van der Waals surface area contributed by atoms with Crippen LogP contribution in [0.15, 0.2) is 0 Å². The molecule has 2 atom stereocenters. The molecule has 0 aliphatic carbocycles. The van der Waals surface area contributed by atoms with Crippen LogP contribution in [-0.2, 0) is 4.43 Å². The molecule has 0 aliphatic heterocycles. The SMILES string of the molecule is CCCCCC(O)C(F)(F)F.CCCCCC(O[Si](C)(C)C)C(F)(F)F. The van der Waals surface area contributed by atoms with Gasteiger partial charge in [0, 0.05) is 0 Å². The smallest absolute Gasteiger partial charge is 0.406 e. The van der Waals surface area contributed by atoms with Crippen LogP contribution in [0.2, 0.25) is 19.6 Å². The molecule has 0 aromatic heterocycles. The topological polar surface area (TPSA) is 29.5 Å². The number of aliphatic hydroxyl groups is 1. The minimum absolute atomic E-state index is 0.0988. The van der Waals surface area contributed by atoms with E-state index in [9.17, 15) is 26.3 Å². The number of halogens is 6. The minimum atomic E-state index is -4.44. The summed E-state index contributed by atoms with van der Waals surface area (Å²) in [5.41, 5.74) is 0. The number of rotatable bonds is 10. The summed E-state index contributed by atoms with van der Waals surface area (Å²) in [7, 11) is -2.11. The Morgan fingerprint density at radius 3 is 1.50 bits per heavy atom. The van der Waals surface area contributed by atoms with Crippen molar-refractivity contribution in [3.63, 3.8) is 0 Å². The van der Waals surface area contributed by atoms with Crippen molar-refractivity contribution in [2.45, 2.75) is 109 Å². The van der Waals surface area contributed by atoms with Gasteiger partial charge >= 0.3 is 12.4 Å². The Morgan fingerprint density at radius 1 is 0.769 bits per heavy atom. The van der Waals surface area contributed by atoms with E-state index in [0.29, 0.717) is 12.8 Å². The van der Waals surface area contributed by atoms with Crippen LogP contribution in [0.1, 0.15) is 65.2 Å². The van der Waals surface area contributed by atoms with Crippen molar-refractivity contribution >= 4 is 8.32 Å². The molecular weight excluding hydrogens is 378 g/mol. The lowest BCUT2D eigenvalue weighted by Gasteiger charge is -2.28. The lowest BCUT2D eigenvalue weighted by Crippen LogP contribution is -2.40. The van der Waals surface area contributed by atoms with Crippen molar-refractivity contribution in [3.8, 4) is 0 Å². The predicted molar refractivity (Wildman–Crippen MR) is 94.6 cm³/mol. The van der Waals surface area contributed by atoms with E-state index in [4.69, 9.17) is 9.53 Å². The van der Waals surface area contributed by atoms with E-state index >= 15 is 0 Å². The number of hydrogen-bond acceptors (Lipinski definition) is 2. The van der Waals surface area contributed by atoms with E-state index in [-0.39, 0.29) is 12.8 Å². The average Bonchev–Trinajstić information content (AvgIpc) is 2.44. The monoisotopic (exact) mass is 412 g/mol. The van der Waals surface area contributed by atoms with Gasteiger partial charge < -0.3 is 9.53 Å². The summed E-state index contributed by atoms with van der Waals surface area (Å²) >= 11 is 0. The first-order chi connectivity index (χ1) is 11.6. The van der Waals surface area contributed by atoms with Gasteiger partial charge in [-0.1, -0.05) is 52.4 Å². The summed E-state index contributed by atoms with van der Waals surface area (Å²) in [5.74, 6) is 0. The van der Waals surface area contributed by atoms with Gasteiger partial charge in [-0.2, -0.15) is 26.3 Å². The van der Waals surface area contributed by atoms with Crippen LogP contribution in [0.5, 0.6) is 0 Å². The summed E-state index contributed by atoms with van der Waals surface area (Å²) < 4.78 is 77.8. The van der Waals surface area contributed by atoms with Crippen molar-refractivity contribution in [1.82, 2.24) is 0 Å². The normalized spacial score (nSPS) is 15.2. The van der Waals surface area contributed by atoms with Gasteiger partial charge in [-0.05, 0) is 32.5 Å². The molecule has 160 valence electrons. The molecule has 0 aliphatic rings. The van der Waals surface area contributed by atoms with E-state index in [0.717, 1.165) is 25.7 Å². The molecule has 0 rings (SSSR count). The molecule has 0 aromatic rings. The molecule has 9 heteroatoms. The zero-order valence-electron chi connectivity index (χ0n) is 16.4. The van der Waals surface area contributed by atoms with E-state index in [1.807, 2.05) is 13.8 Å². The molecule has 26 heavy (non-hydrogen) atoms. The zero-order chi connectivity index (χ0) is 21.0. The Morgan fingerprint density at radius 2 is 1.19 bits per heavy atom. The quantitative estimate of drug-likeness (QED) is 0.242. The number of aliphatic hydroxyl groups excluding tert-OH is 1. The van der Waals surface area contributed by atoms with Gasteiger partial charge in [0.2, 0.25) is 0 Å². The maximum atomic E-state index is 12.6. The molecule has 0 bridgehead atoms. The average molecular weight is 413 g/mol.